The smallest absolute Gasteiger partial charge is 0.329 e. The van der Waals surface area contributed by atoms with E-state index >= 15 is 0 Å². The molecular weight excluding hydrogens is 338 g/mol. The Labute approximate surface area is 150 Å². The van der Waals surface area contributed by atoms with Crippen LogP contribution in [-0.2, 0) is 23.9 Å². The maximum absolute atomic E-state index is 13.0. The van der Waals surface area contributed by atoms with E-state index in [1.807, 2.05) is 0 Å². The number of nitrogens with zero attached hydrogens (tertiary/aromatic N) is 1. The van der Waals surface area contributed by atoms with Crippen LogP contribution in [-0.4, -0.2) is 41.4 Å². The molecule has 0 aromatic heterocycles. The molecule has 8 nitrogen and oxygen atoms in total. The molecule has 2 N–H and O–H groups in total. The molecule has 0 spiro atoms. The Kier molecular flexibility index (Phi) is 4.43. The van der Waals surface area contributed by atoms with Gasteiger partial charge in [0.15, 0.2) is 6.10 Å². The van der Waals surface area contributed by atoms with E-state index in [9.17, 15) is 19.2 Å². The molecule has 1 aromatic carbocycles. The second kappa shape index (κ2) is 6.44. The lowest BCUT2D eigenvalue weighted by molar-refractivity contribution is -0.156. The summed E-state index contributed by atoms with van der Waals surface area (Å²) in [4.78, 5) is 50.2. The second-order valence-corrected chi connectivity index (χ2v) is 6.94. The van der Waals surface area contributed by atoms with E-state index in [-0.39, 0.29) is 18.2 Å². The lowest BCUT2D eigenvalue weighted by Crippen LogP contribution is -2.60. The number of fused-ring (bicyclic) bond motifs is 1. The molecule has 3 amide bonds. The first-order chi connectivity index (χ1) is 12.2. The number of nitrogens with one attached hydrogen (secondary N) is 2. The summed E-state index contributed by atoms with van der Waals surface area (Å²) in [5.74, 6) is -1.70. The van der Waals surface area contributed by atoms with Gasteiger partial charge in [-0.3, -0.25) is 19.3 Å². The Morgan fingerprint density at radius 1 is 1.27 bits per heavy atom. The van der Waals surface area contributed by atoms with Gasteiger partial charge in [-0.2, -0.15) is 0 Å². The van der Waals surface area contributed by atoms with Gasteiger partial charge in [-0.1, -0.05) is 12.1 Å². The highest BCUT2D eigenvalue weighted by Crippen LogP contribution is 2.37. The van der Waals surface area contributed by atoms with Crippen molar-refractivity contribution in [1.29, 1.82) is 0 Å². The van der Waals surface area contributed by atoms with Crippen LogP contribution in [0.1, 0.15) is 33.6 Å². The van der Waals surface area contributed by atoms with Crippen LogP contribution in [0.4, 0.5) is 11.4 Å². The van der Waals surface area contributed by atoms with E-state index in [0.717, 1.165) is 0 Å². The summed E-state index contributed by atoms with van der Waals surface area (Å²) in [7, 11) is 0. The summed E-state index contributed by atoms with van der Waals surface area (Å²) in [5.41, 5.74) is -0.0841. The predicted octanol–water partition coefficient (Wildman–Crippen LogP) is 0.961. The third kappa shape index (κ3) is 3.02. The molecular formula is C18H21N3O5. The molecule has 138 valence electrons. The van der Waals surface area contributed by atoms with Crippen LogP contribution in [0.25, 0.3) is 0 Å². The summed E-state index contributed by atoms with van der Waals surface area (Å²) >= 11 is 0. The minimum Gasteiger partial charge on any atom is -0.451 e. The molecule has 2 aliphatic rings. The Morgan fingerprint density at radius 3 is 2.62 bits per heavy atom. The van der Waals surface area contributed by atoms with Crippen molar-refractivity contribution in [3.63, 3.8) is 0 Å². The molecule has 2 atom stereocenters. The van der Waals surface area contributed by atoms with Crippen molar-refractivity contribution >= 4 is 35.1 Å². The number of carbonyl (C=O) groups excluding carboxylic acids is 4. The Morgan fingerprint density at radius 2 is 1.96 bits per heavy atom. The molecule has 0 saturated carbocycles. The van der Waals surface area contributed by atoms with Crippen LogP contribution >= 0.6 is 0 Å². The second-order valence-electron chi connectivity index (χ2n) is 6.94. The molecule has 8 heteroatoms. The fourth-order valence-corrected chi connectivity index (χ4v) is 3.13. The first kappa shape index (κ1) is 17.9. The van der Waals surface area contributed by atoms with Gasteiger partial charge in [0.1, 0.15) is 11.6 Å². The maximum Gasteiger partial charge on any atom is 0.329 e. The van der Waals surface area contributed by atoms with Gasteiger partial charge in [-0.15, -0.1) is 0 Å². The summed E-state index contributed by atoms with van der Waals surface area (Å²) in [6.45, 7) is 4.71. The summed E-state index contributed by atoms with van der Waals surface area (Å²) in [6.07, 6.45) is -0.494. The first-order valence-corrected chi connectivity index (χ1v) is 8.46. The van der Waals surface area contributed by atoms with Crippen molar-refractivity contribution in [3.05, 3.63) is 24.3 Å². The highest BCUT2D eigenvalue weighted by molar-refractivity contribution is 6.15. The highest BCUT2D eigenvalue weighted by atomic mass is 16.5. The number of amides is 3. The standard InChI is InChI=1S/C18H21N3O5/c1-10(26-16(24)12-8-9-14(22)19-12)15(23)21-13-7-5-4-6-11(13)20-17(25)18(21,2)3/h4-7,10,12H,8-9H2,1-3H3,(H,19,22)(H,20,25)/t10-,12-/m0/s1. The van der Waals surface area contributed by atoms with E-state index in [1.54, 1.807) is 38.1 Å². The molecule has 0 aliphatic carbocycles. The van der Waals surface area contributed by atoms with Crippen molar-refractivity contribution in [2.24, 2.45) is 0 Å². The number of carbonyl (C=O) groups is 4. The van der Waals surface area contributed by atoms with Crippen LogP contribution < -0.4 is 15.5 Å². The summed E-state index contributed by atoms with van der Waals surface area (Å²) < 4.78 is 5.26. The Balaban J connectivity index is 1.82. The van der Waals surface area contributed by atoms with Crippen molar-refractivity contribution in [2.45, 2.75) is 51.3 Å². The number of rotatable bonds is 3. The predicted molar refractivity (Wildman–Crippen MR) is 93.4 cm³/mol. The average molecular weight is 359 g/mol. The van der Waals surface area contributed by atoms with Crippen LogP contribution in [0.15, 0.2) is 24.3 Å². The number of ether oxygens (including phenoxy) is 1. The van der Waals surface area contributed by atoms with Crippen LogP contribution in [0.3, 0.4) is 0 Å². The SMILES string of the molecule is C[C@H](OC(=O)[C@@H]1CCC(=O)N1)C(=O)N1c2ccccc2NC(=O)C1(C)C. The van der Waals surface area contributed by atoms with E-state index < -0.39 is 29.6 Å². The topological polar surface area (TPSA) is 105 Å². The van der Waals surface area contributed by atoms with Gasteiger partial charge in [0.05, 0.1) is 11.4 Å². The number of anilines is 2. The van der Waals surface area contributed by atoms with Gasteiger partial charge in [-0.05, 0) is 39.3 Å². The Hall–Kier alpha value is -2.90. The van der Waals surface area contributed by atoms with Gasteiger partial charge >= 0.3 is 5.97 Å². The largest absolute Gasteiger partial charge is 0.451 e. The van der Waals surface area contributed by atoms with Crippen LogP contribution in [0.2, 0.25) is 0 Å². The van der Waals surface area contributed by atoms with E-state index in [1.165, 1.54) is 11.8 Å². The maximum atomic E-state index is 13.0. The zero-order valence-electron chi connectivity index (χ0n) is 14.9. The highest BCUT2D eigenvalue weighted by Gasteiger charge is 2.45. The molecule has 2 heterocycles. The third-order valence-corrected chi connectivity index (χ3v) is 4.65. The van der Waals surface area contributed by atoms with Crippen molar-refractivity contribution in [2.75, 3.05) is 10.2 Å². The monoisotopic (exact) mass is 359 g/mol. The lowest BCUT2D eigenvalue weighted by Gasteiger charge is -2.42. The number of benzene rings is 1. The fraction of sp³-hybridized carbons (Fsp3) is 0.444. The van der Waals surface area contributed by atoms with Crippen molar-refractivity contribution in [1.82, 2.24) is 5.32 Å². The lowest BCUT2D eigenvalue weighted by atomic mass is 9.95. The van der Waals surface area contributed by atoms with Crippen molar-refractivity contribution < 1.29 is 23.9 Å². The van der Waals surface area contributed by atoms with E-state index in [4.69, 9.17) is 4.74 Å². The number of hydrogen-bond donors (Lipinski definition) is 2. The number of hydrogen-bond acceptors (Lipinski definition) is 5. The van der Waals surface area contributed by atoms with Gasteiger partial charge in [0.25, 0.3) is 5.91 Å². The number of esters is 1. The Bertz CT molecular complexity index is 789. The zero-order chi connectivity index (χ0) is 19.1. The molecule has 0 radical (unpaired) electrons. The average Bonchev–Trinajstić information content (AvgIpc) is 3.02. The van der Waals surface area contributed by atoms with Gasteiger partial charge in [0, 0.05) is 6.42 Å². The van der Waals surface area contributed by atoms with Crippen LogP contribution in [0, 0.1) is 0 Å². The minimum absolute atomic E-state index is 0.214. The minimum atomic E-state index is -1.15. The molecule has 1 aromatic rings. The fourth-order valence-electron chi connectivity index (χ4n) is 3.13. The molecule has 0 unspecified atom stereocenters. The van der Waals surface area contributed by atoms with E-state index in [0.29, 0.717) is 17.8 Å². The van der Waals surface area contributed by atoms with Crippen LogP contribution in [0.5, 0.6) is 0 Å². The van der Waals surface area contributed by atoms with Gasteiger partial charge in [-0.25, -0.2) is 4.79 Å². The molecule has 1 fully saturated rings. The third-order valence-electron chi connectivity index (χ3n) is 4.65. The zero-order valence-corrected chi connectivity index (χ0v) is 14.9. The summed E-state index contributed by atoms with van der Waals surface area (Å²) in [5, 5.41) is 5.29. The quantitative estimate of drug-likeness (QED) is 0.782. The molecule has 26 heavy (non-hydrogen) atoms. The first-order valence-electron chi connectivity index (χ1n) is 8.46. The van der Waals surface area contributed by atoms with E-state index in [2.05, 4.69) is 10.6 Å². The normalized spacial score (nSPS) is 22.1. The van der Waals surface area contributed by atoms with Gasteiger partial charge < -0.3 is 15.4 Å². The molecule has 1 saturated heterocycles. The molecule has 3 rings (SSSR count). The van der Waals surface area contributed by atoms with Crippen molar-refractivity contribution in [3.8, 4) is 0 Å². The summed E-state index contributed by atoms with van der Waals surface area (Å²) in [6, 6.07) is 6.21. The molecule has 0 bridgehead atoms. The molecule has 2 aliphatic heterocycles. The number of para-hydroxylation sites is 2. The van der Waals surface area contributed by atoms with Gasteiger partial charge in [0.2, 0.25) is 11.8 Å².